The number of rotatable bonds is 2. The number of fused-ring (bicyclic) bond motifs is 1. The van der Waals surface area contributed by atoms with Crippen molar-refractivity contribution in [3.05, 3.63) is 53.3 Å². The molecule has 2 aromatic rings. The predicted octanol–water partition coefficient (Wildman–Crippen LogP) is 3.81. The summed E-state index contributed by atoms with van der Waals surface area (Å²) >= 11 is 0. The summed E-state index contributed by atoms with van der Waals surface area (Å²) in [6.07, 6.45) is 2.67. The average Bonchev–Trinajstić information content (AvgIpc) is 2.87. The molecule has 1 aliphatic rings. The quantitative estimate of drug-likeness (QED) is 0.910. The minimum Gasteiger partial charge on any atom is -0.481 e. The summed E-state index contributed by atoms with van der Waals surface area (Å²) < 4.78 is 2.12. The highest BCUT2D eigenvalue weighted by atomic mass is 16.4. The van der Waals surface area contributed by atoms with Gasteiger partial charge < -0.3 is 9.67 Å². The summed E-state index contributed by atoms with van der Waals surface area (Å²) in [6, 6.07) is 10.1. The van der Waals surface area contributed by atoms with Gasteiger partial charge in [0.2, 0.25) is 0 Å². The van der Waals surface area contributed by atoms with Gasteiger partial charge in [-0.2, -0.15) is 0 Å². The number of benzene rings is 1. The van der Waals surface area contributed by atoms with Gasteiger partial charge in [-0.05, 0) is 48.9 Å². The zero-order chi connectivity index (χ0) is 15.4. The molecule has 0 radical (unpaired) electrons. The molecule has 1 aromatic heterocycles. The van der Waals surface area contributed by atoms with Crippen LogP contribution in [0.5, 0.6) is 0 Å². The van der Waals surface area contributed by atoms with Crippen molar-refractivity contribution in [2.24, 2.45) is 0 Å². The third-order valence-electron chi connectivity index (χ3n) is 4.82. The van der Waals surface area contributed by atoms with Crippen molar-refractivity contribution in [1.29, 1.82) is 0 Å². The molecule has 0 saturated heterocycles. The van der Waals surface area contributed by atoms with Crippen LogP contribution in [0.25, 0.3) is 5.69 Å². The molecule has 0 aliphatic heterocycles. The lowest BCUT2D eigenvalue weighted by molar-refractivity contribution is -0.143. The number of para-hydroxylation sites is 1. The maximum atomic E-state index is 11.8. The highest BCUT2D eigenvalue weighted by Crippen LogP contribution is 2.52. The summed E-state index contributed by atoms with van der Waals surface area (Å²) in [4.78, 5) is 11.8. The first-order valence-electron chi connectivity index (χ1n) is 7.29. The van der Waals surface area contributed by atoms with Crippen molar-refractivity contribution in [2.75, 3.05) is 0 Å². The molecule has 3 rings (SSSR count). The Hall–Kier alpha value is -2.03. The Balaban J connectivity index is 2.26. The number of hydrogen-bond acceptors (Lipinski definition) is 1. The second kappa shape index (κ2) is 4.23. The second-order valence-electron chi connectivity index (χ2n) is 6.91. The lowest BCUT2D eigenvalue weighted by Gasteiger charge is -2.25. The molecule has 0 bridgehead atoms. The second-order valence-corrected chi connectivity index (χ2v) is 6.91. The summed E-state index contributed by atoms with van der Waals surface area (Å²) in [7, 11) is 0. The number of aromatic nitrogens is 1. The number of nitrogens with zero attached hydrogens (tertiary/aromatic N) is 1. The standard InChI is InChI=1S/C18H21NO2/c1-12-15-14(10-19(12)13-8-6-5-7-9-13)18(4,16(20)21)11-17(15,2)3/h5-10H,11H2,1-4H3,(H,20,21). The molecule has 21 heavy (non-hydrogen) atoms. The third kappa shape index (κ3) is 1.84. The van der Waals surface area contributed by atoms with Crippen molar-refractivity contribution in [3.63, 3.8) is 0 Å². The Labute approximate surface area is 125 Å². The molecule has 1 aliphatic carbocycles. The van der Waals surface area contributed by atoms with E-state index in [1.807, 2.05) is 43.5 Å². The molecule has 1 atom stereocenters. The zero-order valence-electron chi connectivity index (χ0n) is 13.0. The maximum Gasteiger partial charge on any atom is 0.313 e. The van der Waals surface area contributed by atoms with E-state index in [0.29, 0.717) is 6.42 Å². The van der Waals surface area contributed by atoms with Crippen LogP contribution in [0, 0.1) is 6.92 Å². The van der Waals surface area contributed by atoms with Crippen molar-refractivity contribution in [3.8, 4) is 5.69 Å². The number of hydrogen-bond donors (Lipinski definition) is 1. The normalized spacial score (nSPS) is 23.0. The molecule has 1 aromatic carbocycles. The topological polar surface area (TPSA) is 42.2 Å². The van der Waals surface area contributed by atoms with Crippen LogP contribution in [-0.4, -0.2) is 15.6 Å². The lowest BCUT2D eigenvalue weighted by atomic mass is 9.80. The van der Waals surface area contributed by atoms with Crippen LogP contribution in [-0.2, 0) is 15.6 Å². The van der Waals surface area contributed by atoms with E-state index >= 15 is 0 Å². The van der Waals surface area contributed by atoms with Gasteiger partial charge in [-0.1, -0.05) is 32.0 Å². The summed E-state index contributed by atoms with van der Waals surface area (Å²) in [5, 5.41) is 9.71. The van der Waals surface area contributed by atoms with E-state index in [2.05, 4.69) is 25.3 Å². The Morgan fingerprint density at radius 1 is 1.19 bits per heavy atom. The van der Waals surface area contributed by atoms with Crippen molar-refractivity contribution < 1.29 is 9.90 Å². The summed E-state index contributed by atoms with van der Waals surface area (Å²) in [6.45, 7) is 8.21. The first kappa shape index (κ1) is 13.9. The molecule has 1 unspecified atom stereocenters. The van der Waals surface area contributed by atoms with Gasteiger partial charge >= 0.3 is 5.97 Å². The average molecular weight is 283 g/mol. The van der Waals surface area contributed by atoms with Crippen LogP contribution in [0.15, 0.2) is 36.5 Å². The summed E-state index contributed by atoms with van der Waals surface area (Å²) in [5.41, 5.74) is 3.45. The Morgan fingerprint density at radius 3 is 2.38 bits per heavy atom. The first-order chi connectivity index (χ1) is 9.77. The van der Waals surface area contributed by atoms with Crippen LogP contribution in [0.4, 0.5) is 0 Å². The number of carbonyl (C=O) groups is 1. The fraction of sp³-hybridized carbons (Fsp3) is 0.389. The highest BCUT2D eigenvalue weighted by Gasteiger charge is 2.51. The number of carboxylic acid groups (broad SMARTS) is 1. The zero-order valence-corrected chi connectivity index (χ0v) is 13.0. The van der Waals surface area contributed by atoms with E-state index in [9.17, 15) is 9.90 Å². The Bertz CT molecular complexity index is 712. The van der Waals surface area contributed by atoms with E-state index in [1.165, 1.54) is 5.56 Å². The minimum absolute atomic E-state index is 0.118. The van der Waals surface area contributed by atoms with Gasteiger partial charge in [0.15, 0.2) is 0 Å². The molecule has 3 heteroatoms. The fourth-order valence-corrected chi connectivity index (χ4v) is 3.99. The number of carboxylic acids is 1. The van der Waals surface area contributed by atoms with Gasteiger partial charge in [-0.3, -0.25) is 4.79 Å². The van der Waals surface area contributed by atoms with Crippen LogP contribution >= 0.6 is 0 Å². The summed E-state index contributed by atoms with van der Waals surface area (Å²) in [5.74, 6) is -0.737. The molecular weight excluding hydrogens is 262 g/mol. The first-order valence-corrected chi connectivity index (χ1v) is 7.29. The SMILES string of the molecule is Cc1c2c(cn1-c1ccccc1)C(C)(C(=O)O)CC2(C)C. The van der Waals surface area contributed by atoms with Gasteiger partial charge in [0.1, 0.15) is 0 Å². The smallest absolute Gasteiger partial charge is 0.313 e. The van der Waals surface area contributed by atoms with Gasteiger partial charge in [-0.25, -0.2) is 0 Å². The Kier molecular flexibility index (Phi) is 2.81. The van der Waals surface area contributed by atoms with E-state index in [1.54, 1.807) is 0 Å². The lowest BCUT2D eigenvalue weighted by Crippen LogP contribution is -2.32. The largest absolute Gasteiger partial charge is 0.481 e. The molecule has 1 heterocycles. The van der Waals surface area contributed by atoms with E-state index in [4.69, 9.17) is 0 Å². The van der Waals surface area contributed by atoms with E-state index < -0.39 is 11.4 Å². The van der Waals surface area contributed by atoms with Crippen molar-refractivity contribution in [2.45, 2.75) is 44.9 Å². The molecule has 1 N–H and O–H groups in total. The maximum absolute atomic E-state index is 11.8. The van der Waals surface area contributed by atoms with Gasteiger partial charge in [0.25, 0.3) is 0 Å². The van der Waals surface area contributed by atoms with Crippen LogP contribution < -0.4 is 0 Å². The van der Waals surface area contributed by atoms with Crippen molar-refractivity contribution in [1.82, 2.24) is 4.57 Å². The predicted molar refractivity (Wildman–Crippen MR) is 83.1 cm³/mol. The van der Waals surface area contributed by atoms with Crippen LogP contribution in [0.1, 0.15) is 44.0 Å². The molecule has 3 nitrogen and oxygen atoms in total. The molecule has 0 fully saturated rings. The molecular formula is C18H21NO2. The van der Waals surface area contributed by atoms with Crippen LogP contribution in [0.2, 0.25) is 0 Å². The van der Waals surface area contributed by atoms with E-state index in [-0.39, 0.29) is 5.41 Å². The molecule has 0 spiro atoms. The molecule has 0 saturated carbocycles. The van der Waals surface area contributed by atoms with Gasteiger partial charge in [0.05, 0.1) is 5.41 Å². The van der Waals surface area contributed by atoms with Crippen LogP contribution in [0.3, 0.4) is 0 Å². The monoisotopic (exact) mass is 283 g/mol. The minimum atomic E-state index is -0.802. The molecule has 0 amide bonds. The Morgan fingerprint density at radius 2 is 1.81 bits per heavy atom. The van der Waals surface area contributed by atoms with Gasteiger partial charge in [0, 0.05) is 17.6 Å². The number of aliphatic carboxylic acids is 1. The fourth-order valence-electron chi connectivity index (χ4n) is 3.99. The highest BCUT2D eigenvalue weighted by molar-refractivity contribution is 5.84. The third-order valence-corrected chi connectivity index (χ3v) is 4.82. The van der Waals surface area contributed by atoms with Crippen molar-refractivity contribution >= 4 is 5.97 Å². The van der Waals surface area contributed by atoms with E-state index in [0.717, 1.165) is 16.9 Å². The molecule has 110 valence electrons. The van der Waals surface area contributed by atoms with Gasteiger partial charge in [-0.15, -0.1) is 0 Å².